The van der Waals surface area contributed by atoms with E-state index in [1.165, 1.54) is 0 Å². The van der Waals surface area contributed by atoms with Gasteiger partial charge in [-0.2, -0.15) is 0 Å². The second kappa shape index (κ2) is 6.90. The molecule has 1 aromatic rings. The zero-order valence-corrected chi connectivity index (χ0v) is 14.8. The Balaban J connectivity index is 2.85. The number of hydrogen-bond donors (Lipinski definition) is 1. The van der Waals surface area contributed by atoms with Gasteiger partial charge in [0.25, 0.3) is 0 Å². The van der Waals surface area contributed by atoms with Crippen molar-refractivity contribution in [2.24, 2.45) is 0 Å². The first-order valence-electron chi connectivity index (χ1n) is 6.87. The molecule has 20 heavy (non-hydrogen) atoms. The average molecular weight is 313 g/mol. The summed E-state index contributed by atoms with van der Waals surface area (Å²) in [4.78, 5) is 0. The third kappa shape index (κ3) is 4.74. The molecule has 0 fully saturated rings. The van der Waals surface area contributed by atoms with E-state index >= 15 is 0 Å². The molecule has 1 aromatic carbocycles. The summed E-state index contributed by atoms with van der Waals surface area (Å²) in [5.74, 6) is 0. The molecule has 0 unspecified atom stereocenters. The molecule has 0 saturated carbocycles. The molecule has 112 valence electrons. The molecule has 0 radical (unpaired) electrons. The molecule has 0 spiro atoms. The molecular formula is C16H25ClO2Si. The summed E-state index contributed by atoms with van der Waals surface area (Å²) >= 11 is 6.24. The van der Waals surface area contributed by atoms with E-state index in [-0.39, 0.29) is 11.6 Å². The zero-order valence-electron chi connectivity index (χ0n) is 13.0. The van der Waals surface area contributed by atoms with Gasteiger partial charge in [-0.25, -0.2) is 0 Å². The summed E-state index contributed by atoms with van der Waals surface area (Å²) < 4.78 is 6.20. The molecule has 0 aliphatic carbocycles. The number of benzene rings is 1. The lowest BCUT2D eigenvalue weighted by atomic mass is 10.1. The molecule has 1 rings (SSSR count). The molecule has 0 bridgehead atoms. The van der Waals surface area contributed by atoms with Crippen molar-refractivity contribution in [2.45, 2.75) is 45.5 Å². The van der Waals surface area contributed by atoms with Crippen LogP contribution in [0, 0.1) is 0 Å². The first-order valence-corrected chi connectivity index (χ1v) is 10.2. The number of halogens is 1. The highest BCUT2D eigenvalue weighted by Gasteiger charge is 2.37. The van der Waals surface area contributed by atoms with Crippen LogP contribution in [0.1, 0.15) is 31.9 Å². The fourth-order valence-electron chi connectivity index (χ4n) is 1.47. The van der Waals surface area contributed by atoms with Crippen molar-refractivity contribution in [3.63, 3.8) is 0 Å². The number of aliphatic hydroxyl groups excluding tert-OH is 1. The highest BCUT2D eigenvalue weighted by molar-refractivity contribution is 6.74. The van der Waals surface area contributed by atoms with Gasteiger partial charge >= 0.3 is 0 Å². The van der Waals surface area contributed by atoms with Crippen LogP contribution in [-0.2, 0) is 11.0 Å². The Morgan fingerprint density at radius 3 is 2.50 bits per heavy atom. The van der Waals surface area contributed by atoms with Crippen LogP contribution in [0.4, 0.5) is 0 Å². The van der Waals surface area contributed by atoms with Crippen LogP contribution in [0.3, 0.4) is 0 Å². The Hall–Kier alpha value is -0.613. The van der Waals surface area contributed by atoms with Crippen molar-refractivity contribution in [1.29, 1.82) is 0 Å². The van der Waals surface area contributed by atoms with Gasteiger partial charge in [-0.3, -0.25) is 0 Å². The summed E-state index contributed by atoms with van der Waals surface area (Å²) in [6.45, 7) is 11.7. The van der Waals surface area contributed by atoms with Gasteiger partial charge in [-0.15, -0.1) is 0 Å². The van der Waals surface area contributed by atoms with Crippen molar-refractivity contribution in [3.8, 4) is 0 Å². The SMILES string of the molecule is CC(C)(C)[Si](C)(C)OCc1cc(C=CCO)ccc1Cl. The molecule has 1 N–H and O–H groups in total. The minimum Gasteiger partial charge on any atom is -0.413 e. The fraction of sp³-hybridized carbons (Fsp3) is 0.500. The summed E-state index contributed by atoms with van der Waals surface area (Å²) in [5.41, 5.74) is 2.02. The Kier molecular flexibility index (Phi) is 6.01. The lowest BCUT2D eigenvalue weighted by molar-refractivity contribution is 0.276. The number of aliphatic hydroxyl groups is 1. The van der Waals surface area contributed by atoms with Gasteiger partial charge in [-0.05, 0) is 41.4 Å². The largest absolute Gasteiger partial charge is 0.413 e. The fourth-order valence-corrected chi connectivity index (χ4v) is 2.59. The number of hydrogen-bond acceptors (Lipinski definition) is 2. The van der Waals surface area contributed by atoms with E-state index in [4.69, 9.17) is 21.1 Å². The maximum absolute atomic E-state index is 8.82. The van der Waals surface area contributed by atoms with Gasteiger partial charge in [0, 0.05) is 5.02 Å². The Bertz CT molecular complexity index is 476. The van der Waals surface area contributed by atoms with Crippen molar-refractivity contribution in [2.75, 3.05) is 6.61 Å². The summed E-state index contributed by atoms with van der Waals surface area (Å²) in [5, 5.41) is 9.73. The van der Waals surface area contributed by atoms with E-state index in [1.54, 1.807) is 6.08 Å². The molecule has 2 nitrogen and oxygen atoms in total. The molecular weight excluding hydrogens is 288 g/mol. The van der Waals surface area contributed by atoms with Crippen molar-refractivity contribution in [3.05, 3.63) is 40.4 Å². The maximum Gasteiger partial charge on any atom is 0.192 e. The minimum absolute atomic E-state index is 0.0401. The van der Waals surface area contributed by atoms with Crippen molar-refractivity contribution < 1.29 is 9.53 Å². The van der Waals surface area contributed by atoms with Crippen LogP contribution in [-0.4, -0.2) is 20.0 Å². The van der Waals surface area contributed by atoms with Gasteiger partial charge in [0.15, 0.2) is 8.32 Å². The Morgan fingerprint density at radius 2 is 1.95 bits per heavy atom. The molecule has 0 aromatic heterocycles. The molecule has 4 heteroatoms. The van der Waals surface area contributed by atoms with E-state index in [0.717, 1.165) is 16.1 Å². The Morgan fingerprint density at radius 1 is 1.30 bits per heavy atom. The zero-order chi connectivity index (χ0) is 15.4. The van der Waals surface area contributed by atoms with Gasteiger partial charge < -0.3 is 9.53 Å². The first-order chi connectivity index (χ1) is 9.17. The summed E-state index contributed by atoms with van der Waals surface area (Å²) in [7, 11) is -1.77. The second-order valence-electron chi connectivity index (χ2n) is 6.48. The third-order valence-corrected chi connectivity index (χ3v) is 8.73. The smallest absolute Gasteiger partial charge is 0.192 e. The predicted octanol–water partition coefficient (Wildman–Crippen LogP) is 4.87. The van der Waals surface area contributed by atoms with E-state index in [9.17, 15) is 0 Å². The van der Waals surface area contributed by atoms with E-state index in [0.29, 0.717) is 6.61 Å². The van der Waals surface area contributed by atoms with E-state index in [2.05, 4.69) is 33.9 Å². The van der Waals surface area contributed by atoms with E-state index < -0.39 is 8.32 Å². The van der Waals surface area contributed by atoms with Crippen LogP contribution in [0.2, 0.25) is 23.2 Å². The quantitative estimate of drug-likeness (QED) is 0.786. The van der Waals surface area contributed by atoms with Gasteiger partial charge in [0.2, 0.25) is 0 Å². The predicted molar refractivity (Wildman–Crippen MR) is 89.6 cm³/mol. The molecule has 0 heterocycles. The van der Waals surface area contributed by atoms with Gasteiger partial charge in [0.1, 0.15) is 0 Å². The molecule has 0 amide bonds. The van der Waals surface area contributed by atoms with Crippen LogP contribution >= 0.6 is 11.6 Å². The molecule has 0 atom stereocenters. The van der Waals surface area contributed by atoms with Crippen LogP contribution < -0.4 is 0 Å². The third-order valence-electron chi connectivity index (χ3n) is 3.88. The summed E-state index contributed by atoms with van der Waals surface area (Å²) in [6, 6.07) is 5.83. The van der Waals surface area contributed by atoms with Crippen LogP contribution in [0.25, 0.3) is 6.08 Å². The van der Waals surface area contributed by atoms with Crippen LogP contribution in [0.15, 0.2) is 24.3 Å². The van der Waals surface area contributed by atoms with E-state index in [1.807, 2.05) is 24.3 Å². The lowest BCUT2D eigenvalue weighted by Gasteiger charge is -2.36. The normalized spacial score (nSPS) is 13.2. The molecule has 0 aliphatic rings. The van der Waals surface area contributed by atoms with Crippen LogP contribution in [0.5, 0.6) is 0 Å². The maximum atomic E-state index is 8.82. The summed E-state index contributed by atoms with van der Waals surface area (Å²) in [6.07, 6.45) is 3.59. The molecule has 0 saturated heterocycles. The standard InChI is InChI=1S/C16H25ClO2Si/c1-16(2,3)20(4,5)19-12-14-11-13(7-6-10-18)8-9-15(14)17/h6-9,11,18H,10,12H2,1-5H3. The first kappa shape index (κ1) is 17.4. The van der Waals surface area contributed by atoms with Crippen molar-refractivity contribution >= 4 is 26.0 Å². The molecule has 0 aliphatic heterocycles. The topological polar surface area (TPSA) is 29.5 Å². The van der Waals surface area contributed by atoms with Gasteiger partial charge in [-0.1, -0.05) is 50.6 Å². The Labute approximate surface area is 128 Å². The average Bonchev–Trinajstić information content (AvgIpc) is 2.35. The monoisotopic (exact) mass is 312 g/mol. The van der Waals surface area contributed by atoms with Gasteiger partial charge in [0.05, 0.1) is 13.2 Å². The number of rotatable bonds is 5. The van der Waals surface area contributed by atoms with Crippen molar-refractivity contribution in [1.82, 2.24) is 0 Å². The minimum atomic E-state index is -1.77. The highest BCUT2D eigenvalue weighted by atomic mass is 35.5. The highest BCUT2D eigenvalue weighted by Crippen LogP contribution is 2.37. The lowest BCUT2D eigenvalue weighted by Crippen LogP contribution is -2.40. The second-order valence-corrected chi connectivity index (χ2v) is 11.7.